The number of hydrogen-bond acceptors (Lipinski definition) is 18. The van der Waals surface area contributed by atoms with E-state index in [1.807, 2.05) is 156 Å². The molecule has 27 heteroatoms. The van der Waals surface area contributed by atoms with Gasteiger partial charge in [0.2, 0.25) is 0 Å². The molecule has 9 atom stereocenters. The van der Waals surface area contributed by atoms with Crippen molar-refractivity contribution in [2.45, 2.75) is 201 Å². The molecule has 0 radical (unpaired) electrons. The van der Waals surface area contributed by atoms with Crippen molar-refractivity contribution >= 4 is 79.4 Å². The van der Waals surface area contributed by atoms with Gasteiger partial charge in [-0.2, -0.15) is 0 Å². The number of imidazole rings is 7. The number of nitrogens with zero attached hydrogens (tertiary/aromatic N) is 14. The Hall–Kier alpha value is -7.93. The highest BCUT2D eigenvalue weighted by Gasteiger charge is 2.72. The third-order valence-electron chi connectivity index (χ3n) is 31.3. The minimum absolute atomic E-state index is 0.0824. The molecule has 31 rings (SSSR count). The zero-order valence-electron chi connectivity index (χ0n) is 65.5. The zero-order chi connectivity index (χ0) is 79.1. The Morgan fingerprint density at radius 1 is 0.269 bits per heavy atom. The Kier molecular flexibility index (Phi) is 17.4. The lowest BCUT2D eigenvalue weighted by Crippen LogP contribution is -2.45. The van der Waals surface area contributed by atoms with Crippen LogP contribution in [0.3, 0.4) is 0 Å². The van der Waals surface area contributed by atoms with Crippen LogP contribution in [-0.2, 0) is 0 Å². The average molecular weight is 1720 g/mol. The van der Waals surface area contributed by atoms with E-state index in [1.54, 1.807) is 21.1 Å². The molecule has 2 spiro atoms. The molecule has 0 bridgehead atoms. The molecule has 0 saturated heterocycles. The Morgan fingerprint density at radius 3 is 0.630 bits per heavy atom. The van der Waals surface area contributed by atoms with Gasteiger partial charge in [-0.3, -0.25) is 0 Å². The van der Waals surface area contributed by atoms with Gasteiger partial charge in [0.05, 0.1) is 194 Å². The molecule has 0 amide bonds. The van der Waals surface area contributed by atoms with Gasteiger partial charge in [0.1, 0.15) is 0 Å². The maximum Gasteiger partial charge on any atom is 0.254 e. The first-order valence-corrected chi connectivity index (χ1v) is 49.2. The molecular formula is C92H92F2N14O4S7. The molecule has 10 fully saturated rings. The standard InChI is InChI=1S/2C15H16N2S.C14H12F2N2S.4C12H12N2OS/c2*1-3-15(4-1)6-10(7-15)13-14-11(2-5-18-14)12-8-16-9-17(12)13;15-14(16)9-3-7(4-10(9)14)12-13-8(1-2-19-13)11-5-17-6-18(11)12;4*15-8-3-7(4-8)11-12-9(1-2-16-12)10-5-13-6-14(10)11/h2*2,5,8-10,13H,1,3-4,6-7H2;1-2,5-7,9-10,12H,3-4H2;4*1-2,5-8,11,15H,3-4H2/t;;7?,9?,10?,12-;4*7?,8?,11-/m..01100/s1. The second-order valence-corrected chi connectivity index (χ2v) is 44.1. The summed E-state index contributed by atoms with van der Waals surface area (Å²) < 4.78 is 42.9. The molecule has 18 nitrogen and oxygen atoms in total. The topological polar surface area (TPSA) is 206 Å². The van der Waals surface area contributed by atoms with E-state index in [-0.39, 0.29) is 42.3 Å². The SMILES string of the molecule is FC1(F)C2CC([C@H]3c4sccc4-c4cncn43)CC21.OC1CC([C@@H]2c3sccc3-c3cncn32)C1.OC1CC([C@@H]2c3sccc3-c3cncn32)C1.OC1CC([C@H]2c3sccc3-c3cncn32)C1.OC1CC([C@H]2c3sccc3-c3cncn32)C1.c1cc2c(s1)C(C1CC3(CCC3)C1)n1cncc1-2.c1cc2c(s1)C(C1CC3(CCC3)C1)n1cncc1-2. The second kappa shape index (κ2) is 28.0. The molecule has 14 aromatic rings. The van der Waals surface area contributed by atoms with E-state index in [4.69, 9.17) is 0 Å². The summed E-state index contributed by atoms with van der Waals surface area (Å²) in [5.41, 5.74) is 19.8. The van der Waals surface area contributed by atoms with Crippen LogP contribution in [0.25, 0.3) is 78.8 Å². The van der Waals surface area contributed by atoms with Crippen molar-refractivity contribution in [2.75, 3.05) is 0 Å². The molecule has 0 aromatic carbocycles. The third-order valence-corrected chi connectivity index (χ3v) is 38.2. The van der Waals surface area contributed by atoms with E-state index in [1.165, 1.54) is 162 Å². The van der Waals surface area contributed by atoms with Crippen LogP contribution in [0, 0.1) is 64.1 Å². The fraction of sp³-hybridized carbons (Fsp3) is 0.467. The Bertz CT molecular complexity index is 5310. The van der Waals surface area contributed by atoms with Crippen molar-refractivity contribution in [2.24, 2.45) is 64.1 Å². The number of fused-ring (bicyclic) bond motifs is 22. The van der Waals surface area contributed by atoms with E-state index >= 15 is 0 Å². The molecule has 4 N–H and O–H groups in total. The maximum absolute atomic E-state index is 13.4. The molecule has 119 heavy (non-hydrogen) atoms. The van der Waals surface area contributed by atoms with Gasteiger partial charge in [0.25, 0.3) is 5.92 Å². The van der Waals surface area contributed by atoms with Gasteiger partial charge in [0, 0.05) is 84.9 Å². The van der Waals surface area contributed by atoms with Crippen LogP contribution in [0.15, 0.2) is 168 Å². The number of aromatic nitrogens is 14. The van der Waals surface area contributed by atoms with Crippen LogP contribution < -0.4 is 0 Å². The van der Waals surface area contributed by atoms with Crippen molar-refractivity contribution < 1.29 is 29.2 Å². The predicted molar refractivity (Wildman–Crippen MR) is 463 cm³/mol. The van der Waals surface area contributed by atoms with Crippen molar-refractivity contribution in [1.29, 1.82) is 0 Å². The summed E-state index contributed by atoms with van der Waals surface area (Å²) in [5, 5.41) is 53.0. The average Bonchev–Trinajstić information content (AvgIpc) is 1.53. The molecule has 17 aliphatic rings. The number of aliphatic hydroxyl groups excluding tert-OH is 4. The van der Waals surface area contributed by atoms with Gasteiger partial charge in [0.15, 0.2) is 0 Å². The Morgan fingerprint density at radius 2 is 0.454 bits per heavy atom. The van der Waals surface area contributed by atoms with Gasteiger partial charge < -0.3 is 52.4 Å². The number of alkyl halides is 2. The molecular weight excluding hydrogens is 1630 g/mol. The van der Waals surface area contributed by atoms with E-state index < -0.39 is 5.92 Å². The van der Waals surface area contributed by atoms with Crippen molar-refractivity contribution in [3.63, 3.8) is 0 Å². The van der Waals surface area contributed by atoms with Crippen LogP contribution in [-0.4, -0.2) is 118 Å². The number of hydrogen-bond donors (Lipinski definition) is 4. The lowest BCUT2D eigenvalue weighted by Gasteiger charge is -2.56. The Labute approximate surface area is 715 Å². The lowest BCUT2D eigenvalue weighted by atomic mass is 9.50. The lowest BCUT2D eigenvalue weighted by molar-refractivity contribution is -0.0387. The highest BCUT2D eigenvalue weighted by Crippen LogP contribution is 2.70. The van der Waals surface area contributed by atoms with Crippen molar-refractivity contribution in [3.8, 4) is 78.8 Å². The fourth-order valence-corrected chi connectivity index (χ4v) is 32.5. The molecule has 14 aromatic heterocycles. The first-order chi connectivity index (χ1) is 58.3. The minimum atomic E-state index is -2.37. The summed E-state index contributed by atoms with van der Waals surface area (Å²) in [5.74, 6) is 1.34. The molecule has 21 heterocycles. The first-order valence-electron chi connectivity index (χ1n) is 43.1. The van der Waals surface area contributed by atoms with E-state index in [0.29, 0.717) is 78.7 Å². The summed E-state index contributed by atoms with van der Waals surface area (Å²) in [7, 11) is 0. The molecule has 10 saturated carbocycles. The highest BCUT2D eigenvalue weighted by atomic mass is 32.1. The van der Waals surface area contributed by atoms with E-state index in [2.05, 4.69) is 147 Å². The second-order valence-electron chi connectivity index (χ2n) is 37.5. The minimum Gasteiger partial charge on any atom is -0.393 e. The monoisotopic (exact) mass is 1720 g/mol. The number of aliphatic hydroxyl groups is 4. The van der Waals surface area contributed by atoms with Crippen LogP contribution in [0.2, 0.25) is 0 Å². The van der Waals surface area contributed by atoms with Gasteiger partial charge in [-0.25, -0.2) is 43.7 Å². The highest BCUT2D eigenvalue weighted by molar-refractivity contribution is 7.12. The summed E-state index contributed by atoms with van der Waals surface area (Å²) in [4.78, 5) is 40.2. The molecule has 610 valence electrons. The zero-order valence-corrected chi connectivity index (χ0v) is 71.2. The summed E-state index contributed by atoms with van der Waals surface area (Å²) in [6.07, 6.45) is 50.5. The van der Waals surface area contributed by atoms with Crippen molar-refractivity contribution in [1.82, 2.24) is 66.9 Å². The third kappa shape index (κ3) is 11.5. The largest absolute Gasteiger partial charge is 0.393 e. The molecule has 10 aliphatic carbocycles. The van der Waals surface area contributed by atoms with E-state index in [9.17, 15) is 29.2 Å². The summed E-state index contributed by atoms with van der Waals surface area (Å²) in [6.45, 7) is 0. The van der Waals surface area contributed by atoms with Crippen LogP contribution in [0.4, 0.5) is 8.78 Å². The molecule has 4 unspecified atom stereocenters. The Balaban J connectivity index is 0.0000000772. The normalized spacial score (nSPS) is 31.8. The van der Waals surface area contributed by atoms with Crippen LogP contribution in [0.5, 0.6) is 0 Å². The van der Waals surface area contributed by atoms with Gasteiger partial charge in [-0.05, 0) is 248 Å². The maximum atomic E-state index is 13.4. The number of thiophene rings is 7. The summed E-state index contributed by atoms with van der Waals surface area (Å²) in [6, 6.07) is 18.5. The van der Waals surface area contributed by atoms with Gasteiger partial charge in [-0.15, -0.1) is 79.4 Å². The smallest absolute Gasteiger partial charge is 0.254 e. The predicted octanol–water partition coefficient (Wildman–Crippen LogP) is 21.1. The molecule has 7 aliphatic heterocycles. The first kappa shape index (κ1) is 73.8. The van der Waals surface area contributed by atoms with Crippen molar-refractivity contribution in [3.05, 3.63) is 202 Å². The van der Waals surface area contributed by atoms with E-state index in [0.717, 1.165) is 79.7 Å². The quantitative estimate of drug-likeness (QED) is 0.118. The van der Waals surface area contributed by atoms with Crippen LogP contribution in [0.1, 0.15) is 205 Å². The summed E-state index contributed by atoms with van der Waals surface area (Å²) >= 11 is 12.9. The fourth-order valence-electron chi connectivity index (χ4n) is 24.8. The number of rotatable bonds is 7. The van der Waals surface area contributed by atoms with Gasteiger partial charge in [-0.1, -0.05) is 12.8 Å². The van der Waals surface area contributed by atoms with Gasteiger partial charge >= 0.3 is 0 Å². The number of halogens is 2. The van der Waals surface area contributed by atoms with Crippen LogP contribution >= 0.6 is 79.4 Å².